The van der Waals surface area contributed by atoms with Crippen molar-refractivity contribution in [3.8, 4) is 0 Å². The van der Waals surface area contributed by atoms with Crippen LogP contribution in [0.25, 0.3) is 0 Å². The van der Waals surface area contributed by atoms with Crippen LogP contribution >= 0.6 is 0 Å². The number of hydrogen-bond donors (Lipinski definition) is 1. The number of hydrogen-bond acceptors (Lipinski definition) is 3. The molecule has 0 radical (unpaired) electrons. The van der Waals surface area contributed by atoms with Crippen LogP contribution in [0, 0.1) is 12.8 Å². The Hall–Kier alpha value is -1.29. The van der Waals surface area contributed by atoms with E-state index in [1.54, 1.807) is 19.3 Å². The van der Waals surface area contributed by atoms with Gasteiger partial charge in [-0.3, -0.25) is 4.79 Å². The van der Waals surface area contributed by atoms with Crippen LogP contribution in [0.5, 0.6) is 0 Å². The molecule has 1 aromatic heterocycles. The molecule has 0 bridgehead atoms. The lowest BCUT2D eigenvalue weighted by molar-refractivity contribution is 0.0670. The summed E-state index contributed by atoms with van der Waals surface area (Å²) in [4.78, 5) is 14.0. The van der Waals surface area contributed by atoms with Crippen LogP contribution in [0.1, 0.15) is 29.5 Å². The van der Waals surface area contributed by atoms with Gasteiger partial charge in [0.25, 0.3) is 5.91 Å². The quantitative estimate of drug-likeness (QED) is 0.781. The molecular weight excluding hydrogens is 204 g/mol. The van der Waals surface area contributed by atoms with Gasteiger partial charge in [-0.2, -0.15) is 0 Å². The predicted molar refractivity (Wildman–Crippen MR) is 61.1 cm³/mol. The van der Waals surface area contributed by atoms with E-state index in [-0.39, 0.29) is 11.9 Å². The minimum atomic E-state index is 0.0357. The average Bonchev–Trinajstić information content (AvgIpc) is 2.67. The molecule has 0 spiro atoms. The summed E-state index contributed by atoms with van der Waals surface area (Å²) in [5.74, 6) is 1.21. The van der Waals surface area contributed by atoms with E-state index in [2.05, 4.69) is 6.92 Å². The molecule has 4 heteroatoms. The highest BCUT2D eigenvalue weighted by molar-refractivity contribution is 5.95. The van der Waals surface area contributed by atoms with Crippen LogP contribution < -0.4 is 5.73 Å². The molecule has 88 valence electrons. The second-order valence-electron chi connectivity index (χ2n) is 4.57. The molecule has 1 aliphatic rings. The molecule has 2 unspecified atom stereocenters. The van der Waals surface area contributed by atoms with Crippen molar-refractivity contribution in [1.29, 1.82) is 0 Å². The van der Waals surface area contributed by atoms with Crippen molar-refractivity contribution in [3.05, 3.63) is 23.7 Å². The number of piperidine rings is 1. The highest BCUT2D eigenvalue weighted by Crippen LogP contribution is 2.19. The number of carbonyl (C=O) groups is 1. The first kappa shape index (κ1) is 11.2. The highest BCUT2D eigenvalue weighted by Gasteiger charge is 2.28. The molecule has 4 nitrogen and oxygen atoms in total. The summed E-state index contributed by atoms with van der Waals surface area (Å²) in [6.07, 6.45) is 2.53. The van der Waals surface area contributed by atoms with Gasteiger partial charge in [0.1, 0.15) is 5.76 Å². The van der Waals surface area contributed by atoms with Crippen LogP contribution in [-0.4, -0.2) is 29.9 Å². The number of nitrogens with two attached hydrogens (primary N) is 1. The summed E-state index contributed by atoms with van der Waals surface area (Å²) in [5.41, 5.74) is 6.63. The standard InChI is InChI=1S/C12H18N2O2/c1-8-3-5-14(7-11(8)13)12(15)10-4-6-16-9(10)2/h4,6,8,11H,3,5,7,13H2,1-2H3. The summed E-state index contributed by atoms with van der Waals surface area (Å²) < 4.78 is 5.15. The number of nitrogens with zero attached hydrogens (tertiary/aromatic N) is 1. The number of furan rings is 1. The average molecular weight is 222 g/mol. The van der Waals surface area contributed by atoms with Crippen LogP contribution in [-0.2, 0) is 0 Å². The first-order chi connectivity index (χ1) is 7.59. The fourth-order valence-electron chi connectivity index (χ4n) is 2.06. The topological polar surface area (TPSA) is 59.5 Å². The van der Waals surface area contributed by atoms with Gasteiger partial charge in [0, 0.05) is 19.1 Å². The van der Waals surface area contributed by atoms with Crippen molar-refractivity contribution >= 4 is 5.91 Å². The van der Waals surface area contributed by atoms with E-state index in [1.807, 2.05) is 4.90 Å². The monoisotopic (exact) mass is 222 g/mol. The molecule has 16 heavy (non-hydrogen) atoms. The van der Waals surface area contributed by atoms with E-state index in [9.17, 15) is 4.79 Å². The van der Waals surface area contributed by atoms with E-state index in [4.69, 9.17) is 10.2 Å². The van der Waals surface area contributed by atoms with E-state index in [0.29, 0.717) is 23.8 Å². The summed E-state index contributed by atoms with van der Waals surface area (Å²) in [6.45, 7) is 5.37. The number of rotatable bonds is 1. The number of aryl methyl sites for hydroxylation is 1. The molecule has 1 fully saturated rings. The van der Waals surface area contributed by atoms with Gasteiger partial charge in [0.05, 0.1) is 11.8 Å². The lowest BCUT2D eigenvalue weighted by Gasteiger charge is -2.34. The Morgan fingerprint density at radius 2 is 2.38 bits per heavy atom. The third kappa shape index (κ3) is 1.97. The molecule has 2 N–H and O–H groups in total. The molecule has 0 saturated carbocycles. The van der Waals surface area contributed by atoms with E-state index in [1.165, 1.54) is 0 Å². The van der Waals surface area contributed by atoms with Crippen LogP contribution in [0.15, 0.2) is 16.7 Å². The first-order valence-electron chi connectivity index (χ1n) is 5.68. The molecule has 1 saturated heterocycles. The fraction of sp³-hybridized carbons (Fsp3) is 0.583. The highest BCUT2D eigenvalue weighted by atomic mass is 16.3. The normalized spacial score (nSPS) is 25.8. The summed E-state index contributed by atoms with van der Waals surface area (Å²) in [6, 6.07) is 1.81. The van der Waals surface area contributed by atoms with Crippen LogP contribution in [0.4, 0.5) is 0 Å². The Morgan fingerprint density at radius 3 is 2.94 bits per heavy atom. The second-order valence-corrected chi connectivity index (χ2v) is 4.57. The maximum atomic E-state index is 12.1. The maximum Gasteiger partial charge on any atom is 0.257 e. The largest absolute Gasteiger partial charge is 0.469 e. The van der Waals surface area contributed by atoms with Gasteiger partial charge in [0.2, 0.25) is 0 Å². The zero-order chi connectivity index (χ0) is 11.7. The van der Waals surface area contributed by atoms with E-state index >= 15 is 0 Å². The van der Waals surface area contributed by atoms with Crippen molar-refractivity contribution in [2.45, 2.75) is 26.3 Å². The maximum absolute atomic E-state index is 12.1. The van der Waals surface area contributed by atoms with Crippen molar-refractivity contribution < 1.29 is 9.21 Å². The van der Waals surface area contributed by atoms with Gasteiger partial charge in [0.15, 0.2) is 0 Å². The lowest BCUT2D eigenvalue weighted by Crippen LogP contribution is -2.49. The van der Waals surface area contributed by atoms with Crippen molar-refractivity contribution in [2.75, 3.05) is 13.1 Å². The van der Waals surface area contributed by atoms with Gasteiger partial charge >= 0.3 is 0 Å². The Labute approximate surface area is 95.4 Å². The summed E-state index contributed by atoms with van der Waals surface area (Å²) in [7, 11) is 0. The third-order valence-corrected chi connectivity index (χ3v) is 3.39. The summed E-state index contributed by atoms with van der Waals surface area (Å²) in [5, 5.41) is 0. The van der Waals surface area contributed by atoms with Gasteiger partial charge in [-0.15, -0.1) is 0 Å². The molecule has 0 aromatic carbocycles. The molecule has 0 aliphatic carbocycles. The van der Waals surface area contributed by atoms with Gasteiger partial charge in [-0.25, -0.2) is 0 Å². The smallest absolute Gasteiger partial charge is 0.257 e. The molecule has 1 aromatic rings. The zero-order valence-corrected chi connectivity index (χ0v) is 9.77. The lowest BCUT2D eigenvalue weighted by atomic mass is 9.94. The molecule has 2 heterocycles. The van der Waals surface area contributed by atoms with Gasteiger partial charge < -0.3 is 15.1 Å². The third-order valence-electron chi connectivity index (χ3n) is 3.39. The van der Waals surface area contributed by atoms with Crippen molar-refractivity contribution in [3.63, 3.8) is 0 Å². The first-order valence-corrected chi connectivity index (χ1v) is 5.68. The molecule has 2 rings (SSSR count). The van der Waals surface area contributed by atoms with Crippen molar-refractivity contribution in [2.24, 2.45) is 11.7 Å². The zero-order valence-electron chi connectivity index (χ0n) is 9.77. The van der Waals surface area contributed by atoms with E-state index < -0.39 is 0 Å². The van der Waals surface area contributed by atoms with Crippen LogP contribution in [0.2, 0.25) is 0 Å². The SMILES string of the molecule is Cc1occc1C(=O)N1CCC(C)C(N)C1. The minimum absolute atomic E-state index is 0.0357. The Morgan fingerprint density at radius 1 is 1.62 bits per heavy atom. The molecule has 2 atom stereocenters. The minimum Gasteiger partial charge on any atom is -0.469 e. The number of likely N-dealkylation sites (tertiary alicyclic amines) is 1. The second kappa shape index (κ2) is 4.29. The number of amides is 1. The summed E-state index contributed by atoms with van der Waals surface area (Å²) >= 11 is 0. The number of carbonyl (C=O) groups excluding carboxylic acids is 1. The van der Waals surface area contributed by atoms with E-state index in [0.717, 1.165) is 13.0 Å². The Kier molecular flexibility index (Phi) is 3.01. The predicted octanol–water partition coefficient (Wildman–Crippen LogP) is 1.40. The van der Waals surface area contributed by atoms with Crippen molar-refractivity contribution in [1.82, 2.24) is 4.90 Å². The van der Waals surface area contributed by atoms with Gasteiger partial charge in [-0.1, -0.05) is 6.92 Å². The van der Waals surface area contributed by atoms with Gasteiger partial charge in [-0.05, 0) is 25.3 Å². The fourth-order valence-corrected chi connectivity index (χ4v) is 2.06. The molecule has 1 aliphatic heterocycles. The Bertz CT molecular complexity index is 386. The molecular formula is C12H18N2O2. The molecule has 1 amide bonds. The van der Waals surface area contributed by atoms with Crippen LogP contribution in [0.3, 0.4) is 0 Å². The Balaban J connectivity index is 2.09.